The number of aryl methyl sites for hydroxylation is 1. The normalized spacial score (nSPS) is 15.9. The molecule has 4 aromatic rings. The third-order valence-corrected chi connectivity index (χ3v) is 9.46. The number of amides is 1. The number of thiophene rings is 1. The summed E-state index contributed by atoms with van der Waals surface area (Å²) < 4.78 is 6.56. The fraction of sp³-hybridized carbons (Fsp3) is 0.360. The first-order valence-corrected chi connectivity index (χ1v) is 14.4. The van der Waals surface area contributed by atoms with E-state index in [9.17, 15) is 4.79 Å². The van der Waals surface area contributed by atoms with E-state index in [0.717, 1.165) is 70.4 Å². The maximum Gasteiger partial charge on any atom is 0.234 e. The number of fused-ring (bicyclic) bond motifs is 5. The lowest BCUT2D eigenvalue weighted by Crippen LogP contribution is -2.37. The topological polar surface area (TPSA) is 80.2 Å². The van der Waals surface area contributed by atoms with Gasteiger partial charge < -0.3 is 15.0 Å². The Bertz CT molecular complexity index is 1470. The van der Waals surface area contributed by atoms with Gasteiger partial charge in [0.1, 0.15) is 22.0 Å². The van der Waals surface area contributed by atoms with Crippen LogP contribution in [0.1, 0.15) is 24.0 Å². The van der Waals surface area contributed by atoms with Gasteiger partial charge in [-0.25, -0.2) is 15.0 Å². The second-order valence-corrected chi connectivity index (χ2v) is 11.6. The molecule has 1 fully saturated rings. The van der Waals surface area contributed by atoms with Gasteiger partial charge in [-0.15, -0.1) is 11.3 Å². The summed E-state index contributed by atoms with van der Waals surface area (Å²) >= 11 is 15.1. The number of hydrogen-bond donors (Lipinski definition) is 1. The number of hydrogen-bond acceptors (Lipinski definition) is 8. The zero-order valence-corrected chi connectivity index (χ0v) is 22.5. The van der Waals surface area contributed by atoms with Crippen LogP contribution >= 0.6 is 46.3 Å². The van der Waals surface area contributed by atoms with Gasteiger partial charge in [0, 0.05) is 24.2 Å². The Balaban J connectivity index is 1.32. The van der Waals surface area contributed by atoms with Gasteiger partial charge in [0.25, 0.3) is 0 Å². The van der Waals surface area contributed by atoms with Gasteiger partial charge in [-0.3, -0.25) is 4.79 Å². The molecule has 0 unspecified atom stereocenters. The predicted molar refractivity (Wildman–Crippen MR) is 148 cm³/mol. The zero-order valence-electron chi connectivity index (χ0n) is 19.4. The lowest BCUT2D eigenvalue weighted by atomic mass is 9.90. The number of carbonyl (C=O) groups is 1. The van der Waals surface area contributed by atoms with Crippen LogP contribution in [0.5, 0.6) is 0 Å². The van der Waals surface area contributed by atoms with E-state index in [-0.39, 0.29) is 11.7 Å². The number of thioether (sulfide) groups is 1. The number of morpholine rings is 1. The van der Waals surface area contributed by atoms with Gasteiger partial charge in [-0.05, 0) is 55.0 Å². The Kier molecular flexibility index (Phi) is 6.92. The number of pyridine rings is 1. The standard InChI is InChI=1S/C25H23Cl2N5O2S2/c26-17-6-5-14(11-18(17)27)30-19(33)12-35-25-22-21(28-13-29-25)20-15-3-1-2-4-16(15)23(31-24(20)36-22)32-7-9-34-10-8-32/h5-6,11,13H,1-4,7-10,12H2,(H,30,33). The fourth-order valence-electron chi connectivity index (χ4n) is 4.86. The quantitative estimate of drug-likeness (QED) is 0.237. The molecule has 4 heterocycles. The average molecular weight is 561 g/mol. The van der Waals surface area contributed by atoms with Gasteiger partial charge in [0.2, 0.25) is 5.91 Å². The molecule has 1 aliphatic carbocycles. The highest BCUT2D eigenvalue weighted by molar-refractivity contribution is 8.00. The SMILES string of the molecule is O=C(CSc1ncnc2c1sc1nc(N3CCOCC3)c3c(c12)CCCC3)Nc1ccc(Cl)c(Cl)c1. The molecule has 186 valence electrons. The Hall–Kier alpha value is -2.17. The van der Waals surface area contributed by atoms with Crippen molar-refractivity contribution in [3.05, 3.63) is 45.7 Å². The van der Waals surface area contributed by atoms with Crippen LogP contribution in [0.3, 0.4) is 0 Å². The van der Waals surface area contributed by atoms with E-state index in [0.29, 0.717) is 15.7 Å². The van der Waals surface area contributed by atoms with Gasteiger partial charge in [0.05, 0.1) is 39.2 Å². The zero-order chi connectivity index (χ0) is 24.6. The second-order valence-electron chi connectivity index (χ2n) is 8.80. The van der Waals surface area contributed by atoms with E-state index >= 15 is 0 Å². The Labute approximate surface area is 226 Å². The summed E-state index contributed by atoms with van der Waals surface area (Å²) in [4.78, 5) is 30.4. The number of carbonyl (C=O) groups excluding carboxylic acids is 1. The van der Waals surface area contributed by atoms with E-state index in [1.165, 1.54) is 35.7 Å². The minimum atomic E-state index is -0.142. The maximum atomic E-state index is 12.6. The first-order chi connectivity index (χ1) is 17.6. The lowest BCUT2D eigenvalue weighted by molar-refractivity contribution is -0.113. The second kappa shape index (κ2) is 10.3. The Morgan fingerprint density at radius 3 is 2.72 bits per heavy atom. The van der Waals surface area contributed by atoms with Gasteiger partial charge >= 0.3 is 0 Å². The molecule has 2 aliphatic rings. The number of benzene rings is 1. The van der Waals surface area contributed by atoms with E-state index in [1.807, 2.05) is 0 Å². The minimum absolute atomic E-state index is 0.142. The summed E-state index contributed by atoms with van der Waals surface area (Å²) in [6.45, 7) is 3.20. The molecule has 11 heteroatoms. The molecule has 0 saturated carbocycles. The molecule has 1 amide bonds. The molecule has 1 N–H and O–H groups in total. The predicted octanol–water partition coefficient (Wildman–Crippen LogP) is 5.99. The number of halogens is 2. The van der Waals surface area contributed by atoms with Crippen molar-refractivity contribution in [1.29, 1.82) is 0 Å². The van der Waals surface area contributed by atoms with Crippen molar-refractivity contribution in [2.45, 2.75) is 30.7 Å². The molecule has 0 bridgehead atoms. The van der Waals surface area contributed by atoms with E-state index in [1.54, 1.807) is 35.9 Å². The van der Waals surface area contributed by atoms with Gasteiger partial charge in [0.15, 0.2) is 0 Å². The van der Waals surface area contributed by atoms with Crippen molar-refractivity contribution in [2.24, 2.45) is 0 Å². The minimum Gasteiger partial charge on any atom is -0.378 e. The largest absolute Gasteiger partial charge is 0.378 e. The molecule has 0 radical (unpaired) electrons. The van der Waals surface area contributed by atoms with Crippen LogP contribution in [0.15, 0.2) is 29.6 Å². The van der Waals surface area contributed by atoms with Crippen molar-refractivity contribution in [1.82, 2.24) is 15.0 Å². The number of anilines is 2. The molecule has 3 aromatic heterocycles. The molecular weight excluding hydrogens is 537 g/mol. The van der Waals surface area contributed by atoms with Crippen LogP contribution < -0.4 is 10.2 Å². The van der Waals surface area contributed by atoms with E-state index < -0.39 is 0 Å². The lowest BCUT2D eigenvalue weighted by Gasteiger charge is -2.31. The third-order valence-electron chi connectivity index (χ3n) is 6.52. The molecular formula is C25H23Cl2N5O2S2. The molecule has 1 saturated heterocycles. The van der Waals surface area contributed by atoms with Crippen molar-refractivity contribution < 1.29 is 9.53 Å². The Morgan fingerprint density at radius 1 is 1.11 bits per heavy atom. The van der Waals surface area contributed by atoms with Crippen LogP contribution in [-0.2, 0) is 22.4 Å². The maximum absolute atomic E-state index is 12.6. The van der Waals surface area contributed by atoms with Gasteiger partial charge in [-0.2, -0.15) is 0 Å². The van der Waals surface area contributed by atoms with Crippen molar-refractivity contribution in [3.8, 4) is 0 Å². The highest BCUT2D eigenvalue weighted by atomic mass is 35.5. The highest BCUT2D eigenvalue weighted by Crippen LogP contribution is 2.43. The molecule has 36 heavy (non-hydrogen) atoms. The van der Waals surface area contributed by atoms with Crippen LogP contribution in [0.4, 0.5) is 11.5 Å². The van der Waals surface area contributed by atoms with Gasteiger partial charge in [-0.1, -0.05) is 35.0 Å². The fourth-order valence-corrected chi connectivity index (χ4v) is 7.19. The summed E-state index contributed by atoms with van der Waals surface area (Å²) in [5.41, 5.74) is 4.29. The van der Waals surface area contributed by atoms with Crippen LogP contribution in [0.25, 0.3) is 20.4 Å². The number of rotatable bonds is 5. The third kappa shape index (κ3) is 4.63. The summed E-state index contributed by atoms with van der Waals surface area (Å²) in [7, 11) is 0. The van der Waals surface area contributed by atoms with Crippen molar-refractivity contribution in [2.75, 3.05) is 42.3 Å². The number of aromatic nitrogens is 3. The molecule has 6 rings (SSSR count). The summed E-state index contributed by atoms with van der Waals surface area (Å²) in [6, 6.07) is 5.03. The van der Waals surface area contributed by atoms with Crippen molar-refractivity contribution >= 4 is 84.1 Å². The monoisotopic (exact) mass is 559 g/mol. The highest BCUT2D eigenvalue weighted by Gasteiger charge is 2.26. The van der Waals surface area contributed by atoms with Crippen LogP contribution in [0.2, 0.25) is 10.0 Å². The molecule has 1 aliphatic heterocycles. The first-order valence-electron chi connectivity index (χ1n) is 11.9. The number of nitrogens with zero attached hydrogens (tertiary/aromatic N) is 4. The number of ether oxygens (including phenoxy) is 1. The van der Waals surface area contributed by atoms with E-state index in [2.05, 4.69) is 20.2 Å². The smallest absolute Gasteiger partial charge is 0.234 e. The molecule has 0 spiro atoms. The van der Waals surface area contributed by atoms with Crippen molar-refractivity contribution in [3.63, 3.8) is 0 Å². The summed E-state index contributed by atoms with van der Waals surface area (Å²) in [6.07, 6.45) is 6.04. The molecule has 0 atom stereocenters. The van der Waals surface area contributed by atoms with Crippen LogP contribution in [-0.4, -0.2) is 52.9 Å². The Morgan fingerprint density at radius 2 is 1.92 bits per heavy atom. The first kappa shape index (κ1) is 24.2. The average Bonchev–Trinajstić information content (AvgIpc) is 3.29. The summed E-state index contributed by atoms with van der Waals surface area (Å²) in [5.74, 6) is 1.18. The molecule has 1 aromatic carbocycles. The van der Waals surface area contributed by atoms with E-state index in [4.69, 9.17) is 32.9 Å². The van der Waals surface area contributed by atoms with Crippen LogP contribution in [0, 0.1) is 0 Å². The summed E-state index contributed by atoms with van der Waals surface area (Å²) in [5, 5.41) is 5.67. The molecule has 7 nitrogen and oxygen atoms in total. The number of nitrogens with one attached hydrogen (secondary N) is 1.